The van der Waals surface area contributed by atoms with E-state index in [2.05, 4.69) is 26.1 Å². The number of carbonyl (C=O) groups excluding carboxylic acids is 2. The molecule has 0 saturated carbocycles. The molecular formula is C25H49KN3O6-. The van der Waals surface area contributed by atoms with Crippen molar-refractivity contribution in [2.45, 2.75) is 84.6 Å². The molecule has 0 aliphatic carbocycles. The summed E-state index contributed by atoms with van der Waals surface area (Å²) in [5, 5.41) is 29.0. The van der Waals surface area contributed by atoms with Gasteiger partial charge < -0.3 is 39.9 Å². The van der Waals surface area contributed by atoms with Gasteiger partial charge in [0, 0.05) is 19.6 Å². The van der Waals surface area contributed by atoms with E-state index >= 15 is 0 Å². The fourth-order valence-electron chi connectivity index (χ4n) is 3.14. The maximum absolute atomic E-state index is 12.1. The topological polar surface area (TPSA) is 130 Å². The van der Waals surface area contributed by atoms with Gasteiger partial charge in [0.15, 0.2) is 0 Å². The molecule has 0 aromatic heterocycles. The predicted octanol–water partition coefficient (Wildman–Crippen LogP) is 0.553. The molecule has 1 unspecified atom stereocenters. The van der Waals surface area contributed by atoms with Gasteiger partial charge in [0.1, 0.15) is 17.9 Å². The zero-order valence-electron chi connectivity index (χ0n) is 23.2. The number of carboxylic acids is 1. The van der Waals surface area contributed by atoms with Gasteiger partial charge in [0.05, 0.1) is 6.73 Å². The number of nitrogens with zero attached hydrogens (tertiary/aromatic N) is 2. The van der Waals surface area contributed by atoms with Crippen LogP contribution in [-0.2, 0) is 14.4 Å². The minimum atomic E-state index is -1.23. The molecule has 0 heterocycles. The van der Waals surface area contributed by atoms with E-state index in [4.69, 9.17) is 10.2 Å². The quantitative estimate of drug-likeness (QED) is 0.0338. The largest absolute Gasteiger partial charge is 1.00 e. The molecule has 9 nitrogen and oxygen atoms in total. The number of unbranched alkanes of at least 4 members (excludes halogenated alkanes) is 5. The van der Waals surface area contributed by atoms with Crippen molar-refractivity contribution in [2.75, 3.05) is 33.9 Å². The number of amides is 2. The zero-order valence-corrected chi connectivity index (χ0v) is 26.4. The van der Waals surface area contributed by atoms with Crippen molar-refractivity contribution in [1.82, 2.24) is 15.1 Å². The monoisotopic (exact) mass is 526 g/mol. The first-order valence-electron chi connectivity index (χ1n) is 11.8. The van der Waals surface area contributed by atoms with E-state index in [9.17, 15) is 19.5 Å². The molecule has 0 fully saturated rings. The van der Waals surface area contributed by atoms with Crippen molar-refractivity contribution in [3.63, 3.8) is 0 Å². The van der Waals surface area contributed by atoms with Crippen LogP contribution >= 0.6 is 0 Å². The third-order valence-electron chi connectivity index (χ3n) is 5.25. The van der Waals surface area contributed by atoms with Crippen LogP contribution in [0.15, 0.2) is 11.3 Å². The summed E-state index contributed by atoms with van der Waals surface area (Å²) in [6.45, 7) is 9.36. The van der Waals surface area contributed by atoms with Crippen LogP contribution in [0.5, 0.6) is 0 Å². The van der Waals surface area contributed by atoms with Gasteiger partial charge in [-0.25, -0.2) is 0 Å². The van der Waals surface area contributed by atoms with E-state index in [1.54, 1.807) is 0 Å². The fourth-order valence-corrected chi connectivity index (χ4v) is 3.14. The molecule has 0 spiro atoms. The van der Waals surface area contributed by atoms with E-state index in [-0.39, 0.29) is 65.5 Å². The number of aliphatic hydroxyl groups is 2. The number of likely N-dealkylation sites (N-methyl/N-ethyl adjacent to an activating group) is 1. The average molecular weight is 527 g/mol. The third-order valence-corrected chi connectivity index (χ3v) is 5.25. The molecule has 1 atom stereocenters. The van der Waals surface area contributed by atoms with E-state index in [1.165, 1.54) is 44.6 Å². The van der Waals surface area contributed by atoms with Gasteiger partial charge in [0.25, 0.3) is 11.8 Å². The molecule has 2 amide bonds. The van der Waals surface area contributed by atoms with Gasteiger partial charge in [-0.1, -0.05) is 46.0 Å². The van der Waals surface area contributed by atoms with E-state index in [0.29, 0.717) is 12.6 Å². The second-order valence-corrected chi connectivity index (χ2v) is 8.13. The zero-order chi connectivity index (χ0) is 25.8. The van der Waals surface area contributed by atoms with Gasteiger partial charge in [-0.2, -0.15) is 6.42 Å². The van der Waals surface area contributed by atoms with Crippen LogP contribution in [0, 0.1) is 14.4 Å². The standard InChI is InChI=1S/C14H23N2O5.C10H23NO.CH3.K/c1-4-5-6-7-8-16(3)14(21)12(10(2)17)13(20)15-9-11(18)19;1-4-6-7-8-10(5-2)11(3)9-12;;/h17H,1,4-9H2,2-3H3,(H,15,20)(H,18,19);10,12H,4-9H2,1-3H3;1H3;/q-1;;-1;+1/b12-10+;;;. The Balaban J connectivity index is -0.000000296. The van der Waals surface area contributed by atoms with Crippen molar-refractivity contribution >= 4 is 17.8 Å². The number of hydrogen-bond acceptors (Lipinski definition) is 6. The van der Waals surface area contributed by atoms with Gasteiger partial charge in [-0.15, -0.1) is 0 Å². The van der Waals surface area contributed by atoms with Gasteiger partial charge in [-0.3, -0.25) is 19.3 Å². The summed E-state index contributed by atoms with van der Waals surface area (Å²) >= 11 is 0. The van der Waals surface area contributed by atoms with Gasteiger partial charge in [-0.05, 0) is 33.2 Å². The molecular weight excluding hydrogens is 477 g/mol. The van der Waals surface area contributed by atoms with Crippen LogP contribution in [0.25, 0.3) is 0 Å². The number of allylic oxidation sites excluding steroid dienone is 1. The maximum atomic E-state index is 12.1. The maximum Gasteiger partial charge on any atom is 1.00 e. The Morgan fingerprint density at radius 1 is 1.00 bits per heavy atom. The molecule has 0 bridgehead atoms. The van der Waals surface area contributed by atoms with E-state index < -0.39 is 35.7 Å². The van der Waals surface area contributed by atoms with Crippen LogP contribution < -0.4 is 56.7 Å². The second kappa shape index (κ2) is 26.6. The summed E-state index contributed by atoms with van der Waals surface area (Å²) in [5.74, 6) is -3.20. The van der Waals surface area contributed by atoms with Crippen LogP contribution in [0.3, 0.4) is 0 Å². The van der Waals surface area contributed by atoms with Crippen molar-refractivity contribution in [3.05, 3.63) is 25.7 Å². The smallest absolute Gasteiger partial charge is 0.512 e. The summed E-state index contributed by atoms with van der Waals surface area (Å²) in [5.41, 5.74) is -0.434. The minimum absolute atomic E-state index is 0. The first kappa shape index (κ1) is 41.6. The van der Waals surface area contributed by atoms with E-state index in [1.807, 2.05) is 11.9 Å². The second-order valence-electron chi connectivity index (χ2n) is 8.13. The predicted molar refractivity (Wildman–Crippen MR) is 137 cm³/mol. The normalized spacial score (nSPS) is 11.7. The molecule has 0 saturated heterocycles. The first-order valence-corrected chi connectivity index (χ1v) is 11.8. The van der Waals surface area contributed by atoms with Crippen molar-refractivity contribution < 1.29 is 81.1 Å². The van der Waals surface area contributed by atoms with Gasteiger partial charge in [0.2, 0.25) is 0 Å². The average Bonchev–Trinajstić information content (AvgIpc) is 2.77. The number of aliphatic hydroxyl groups excluding tert-OH is 2. The van der Waals surface area contributed by atoms with Crippen molar-refractivity contribution in [1.29, 1.82) is 0 Å². The Labute approximate surface area is 256 Å². The number of nitrogens with one attached hydrogen (secondary N) is 1. The Morgan fingerprint density at radius 2 is 1.60 bits per heavy atom. The summed E-state index contributed by atoms with van der Waals surface area (Å²) in [7, 11) is 3.51. The van der Waals surface area contributed by atoms with Crippen LogP contribution in [0.4, 0.5) is 0 Å². The molecule has 0 rings (SSSR count). The molecule has 0 aromatic rings. The Hall–Kier alpha value is -0.494. The molecule has 35 heavy (non-hydrogen) atoms. The molecule has 10 heteroatoms. The molecule has 4 N–H and O–H groups in total. The van der Waals surface area contributed by atoms with Crippen molar-refractivity contribution in [2.24, 2.45) is 0 Å². The number of aliphatic carboxylic acids is 1. The number of hydrogen-bond donors (Lipinski definition) is 4. The Bertz CT molecular complexity index is 598. The number of carbonyl (C=O) groups is 3. The number of rotatable bonds is 16. The Morgan fingerprint density at radius 3 is 2.03 bits per heavy atom. The summed E-state index contributed by atoms with van der Waals surface area (Å²) in [6.07, 6.45) is 9.73. The van der Waals surface area contributed by atoms with Crippen LogP contribution in [0.2, 0.25) is 0 Å². The summed E-state index contributed by atoms with van der Waals surface area (Å²) < 4.78 is 0. The molecule has 0 radical (unpaired) electrons. The third kappa shape index (κ3) is 21.3. The molecule has 0 aliphatic rings. The Kier molecular flexibility index (Phi) is 31.6. The first-order chi connectivity index (χ1) is 15.6. The summed E-state index contributed by atoms with van der Waals surface area (Å²) in [4.78, 5) is 37.6. The SMILES string of the molecule is CCCCCC(CC)N(C)CO.[CH2-]CCCCCN(C)C(=O)/C(C(=O)NCC(=O)O)=C(\C)O.[CH3-].[K+]. The summed E-state index contributed by atoms with van der Waals surface area (Å²) in [6, 6.07) is 0.571. The minimum Gasteiger partial charge on any atom is -0.512 e. The molecule has 202 valence electrons. The van der Waals surface area contributed by atoms with Crippen LogP contribution in [0.1, 0.15) is 78.6 Å². The fraction of sp³-hybridized carbons (Fsp3) is 0.720. The molecule has 0 aromatic carbocycles. The van der Waals surface area contributed by atoms with E-state index in [0.717, 1.165) is 32.1 Å². The van der Waals surface area contributed by atoms with Crippen molar-refractivity contribution in [3.8, 4) is 0 Å². The number of carboxylic acid groups (broad SMARTS) is 1. The van der Waals surface area contributed by atoms with Crippen LogP contribution in [-0.4, -0.2) is 82.9 Å². The molecule has 0 aliphatic heterocycles. The van der Waals surface area contributed by atoms with Gasteiger partial charge >= 0.3 is 57.4 Å².